The summed E-state index contributed by atoms with van der Waals surface area (Å²) in [6.45, 7) is 15.2. The minimum Gasteiger partial charge on any atom is -0.497 e. The molecule has 0 aliphatic heterocycles. The summed E-state index contributed by atoms with van der Waals surface area (Å²) in [4.78, 5) is 49.9. The third kappa shape index (κ3) is 7.53. The molecule has 1 amide bonds. The molecule has 0 bridgehead atoms. The van der Waals surface area contributed by atoms with Crippen molar-refractivity contribution in [3.05, 3.63) is 42.3 Å². The van der Waals surface area contributed by atoms with Gasteiger partial charge in [-0.15, -0.1) is 17.9 Å². The van der Waals surface area contributed by atoms with E-state index in [1.54, 1.807) is 40.9 Å². The molecular weight excluding hydrogens is 620 g/mol. The van der Waals surface area contributed by atoms with Crippen molar-refractivity contribution in [2.75, 3.05) is 19.0 Å². The van der Waals surface area contributed by atoms with Crippen LogP contribution in [0.15, 0.2) is 42.3 Å². The number of nitrogens with one attached hydrogen (secondary N) is 2. The van der Waals surface area contributed by atoms with Gasteiger partial charge in [-0.1, -0.05) is 6.08 Å². The number of carbonyl (C=O) groups excluding carboxylic acids is 3. The van der Waals surface area contributed by atoms with E-state index in [-0.39, 0.29) is 31.4 Å². The summed E-state index contributed by atoms with van der Waals surface area (Å²) in [6, 6.07) is 7.61. The SMILES string of the molecule is C=CC1C[C@]1(NC(=O)[C@@H]1C[C@@H](Oc2cc(-c3csc(NC(C)C)n3)nc3cc(OC)ccc23)C[C@H]1C(=O)OC(C)(C)C)C(=O)OCC. The molecule has 2 aliphatic rings. The summed E-state index contributed by atoms with van der Waals surface area (Å²) < 4.78 is 23.2. The average molecular weight is 665 g/mol. The Morgan fingerprint density at radius 1 is 1.13 bits per heavy atom. The molecule has 3 aromatic rings. The number of amides is 1. The summed E-state index contributed by atoms with van der Waals surface area (Å²) >= 11 is 1.49. The van der Waals surface area contributed by atoms with Crippen LogP contribution in [-0.2, 0) is 23.9 Å². The second-order valence-electron chi connectivity index (χ2n) is 13.4. The number of methoxy groups -OCH3 is 1. The fourth-order valence-electron chi connectivity index (χ4n) is 6.01. The molecular formula is C35H44N4O7S. The maximum absolute atomic E-state index is 13.9. The Kier molecular flexibility index (Phi) is 9.81. The lowest BCUT2D eigenvalue weighted by atomic mass is 9.94. The number of hydrogen-bond donors (Lipinski definition) is 2. The minimum absolute atomic E-state index is 0.185. The van der Waals surface area contributed by atoms with E-state index >= 15 is 0 Å². The van der Waals surface area contributed by atoms with Crippen molar-refractivity contribution in [1.29, 1.82) is 0 Å². The maximum Gasteiger partial charge on any atom is 0.332 e. The molecule has 12 heteroatoms. The van der Waals surface area contributed by atoms with Gasteiger partial charge in [-0.3, -0.25) is 9.59 Å². The summed E-state index contributed by atoms with van der Waals surface area (Å²) in [5.74, 6) is -2.03. The predicted molar refractivity (Wildman–Crippen MR) is 180 cm³/mol. The number of rotatable bonds is 12. The number of fused-ring (bicyclic) bond motifs is 1. The summed E-state index contributed by atoms with van der Waals surface area (Å²) in [7, 11) is 1.60. The molecule has 0 spiro atoms. The number of ether oxygens (including phenoxy) is 4. The Morgan fingerprint density at radius 3 is 2.51 bits per heavy atom. The van der Waals surface area contributed by atoms with Gasteiger partial charge in [0.1, 0.15) is 34.4 Å². The molecule has 2 saturated carbocycles. The van der Waals surface area contributed by atoms with Gasteiger partial charge in [0.2, 0.25) is 5.91 Å². The number of esters is 2. The highest BCUT2D eigenvalue weighted by Crippen LogP contribution is 2.47. The van der Waals surface area contributed by atoms with Crippen molar-refractivity contribution < 1.29 is 33.3 Å². The normalized spacial score (nSPS) is 23.7. The number of aromatic nitrogens is 2. The first-order chi connectivity index (χ1) is 22.3. The van der Waals surface area contributed by atoms with Gasteiger partial charge in [0.15, 0.2) is 5.13 Å². The van der Waals surface area contributed by atoms with Crippen LogP contribution in [0, 0.1) is 17.8 Å². The smallest absolute Gasteiger partial charge is 0.332 e. The first-order valence-electron chi connectivity index (χ1n) is 16.0. The van der Waals surface area contributed by atoms with Crippen LogP contribution in [0.2, 0.25) is 0 Å². The quantitative estimate of drug-likeness (QED) is 0.177. The number of anilines is 1. The van der Waals surface area contributed by atoms with Gasteiger partial charge in [0, 0.05) is 34.9 Å². The minimum atomic E-state index is -1.18. The van der Waals surface area contributed by atoms with Crippen LogP contribution in [0.25, 0.3) is 22.3 Å². The van der Waals surface area contributed by atoms with Gasteiger partial charge in [-0.2, -0.15) is 0 Å². The van der Waals surface area contributed by atoms with Crippen molar-refractivity contribution in [3.63, 3.8) is 0 Å². The van der Waals surface area contributed by atoms with E-state index in [0.717, 1.165) is 10.5 Å². The van der Waals surface area contributed by atoms with E-state index in [9.17, 15) is 14.4 Å². The Hall–Kier alpha value is -4.19. The van der Waals surface area contributed by atoms with Crippen LogP contribution < -0.4 is 20.1 Å². The highest BCUT2D eigenvalue weighted by Gasteiger charge is 2.62. The molecule has 252 valence electrons. The molecule has 2 N–H and O–H groups in total. The van der Waals surface area contributed by atoms with E-state index < -0.39 is 46.9 Å². The molecule has 5 rings (SSSR count). The van der Waals surface area contributed by atoms with Gasteiger partial charge >= 0.3 is 11.9 Å². The van der Waals surface area contributed by atoms with Crippen LogP contribution in [0.1, 0.15) is 60.8 Å². The lowest BCUT2D eigenvalue weighted by molar-refractivity contribution is -0.163. The van der Waals surface area contributed by atoms with Gasteiger partial charge in [-0.25, -0.2) is 14.8 Å². The van der Waals surface area contributed by atoms with E-state index in [1.807, 2.05) is 43.5 Å². The topological polar surface area (TPSA) is 138 Å². The lowest BCUT2D eigenvalue weighted by Crippen LogP contribution is -2.49. The monoisotopic (exact) mass is 664 g/mol. The van der Waals surface area contributed by atoms with Gasteiger partial charge in [0.25, 0.3) is 0 Å². The fraction of sp³-hybridized carbons (Fsp3) is 0.514. The predicted octanol–water partition coefficient (Wildman–Crippen LogP) is 5.93. The number of pyridine rings is 1. The molecule has 2 fully saturated rings. The summed E-state index contributed by atoms with van der Waals surface area (Å²) in [5, 5.41) is 9.72. The number of carbonyl (C=O) groups is 3. The number of nitrogens with zero attached hydrogens (tertiary/aromatic N) is 2. The number of thiazole rings is 1. The third-order valence-corrected chi connectivity index (χ3v) is 9.08. The van der Waals surface area contributed by atoms with E-state index in [2.05, 4.69) is 17.2 Å². The third-order valence-electron chi connectivity index (χ3n) is 8.30. The van der Waals surface area contributed by atoms with Crippen molar-refractivity contribution in [1.82, 2.24) is 15.3 Å². The van der Waals surface area contributed by atoms with Gasteiger partial charge < -0.3 is 29.6 Å². The maximum atomic E-state index is 13.9. The molecule has 5 atom stereocenters. The Labute approximate surface area is 279 Å². The molecule has 2 aliphatic carbocycles. The zero-order valence-corrected chi connectivity index (χ0v) is 28.9. The van der Waals surface area contributed by atoms with Crippen LogP contribution in [0.5, 0.6) is 11.5 Å². The van der Waals surface area contributed by atoms with E-state index in [1.165, 1.54) is 11.3 Å². The largest absolute Gasteiger partial charge is 0.497 e. The second kappa shape index (κ2) is 13.5. The zero-order chi connectivity index (χ0) is 34.1. The zero-order valence-electron chi connectivity index (χ0n) is 28.0. The molecule has 1 unspecified atom stereocenters. The standard InChI is InChI=1S/C35H44N4O7S/c1-9-20-17-35(20,32(42)44-10-2)39-30(40)24-13-22(14-25(24)31(41)46-34(5,6)7)45-29-16-27(28-18-47-33(38-28)36-19(3)4)37-26-15-21(43-8)11-12-23(26)29/h9,11-12,15-16,18-20,22,24-25H,1,10,13-14,17H2,2-8H3,(H,36,38)(H,39,40)/t20?,22-,24-,25-,35-/m1/s1. The molecule has 2 aromatic heterocycles. The number of benzene rings is 1. The first-order valence-corrected chi connectivity index (χ1v) is 16.9. The first kappa shape index (κ1) is 34.2. The molecule has 11 nitrogen and oxygen atoms in total. The van der Waals surface area contributed by atoms with Gasteiger partial charge in [0.05, 0.1) is 36.8 Å². The fourth-order valence-corrected chi connectivity index (χ4v) is 6.86. The van der Waals surface area contributed by atoms with E-state index in [0.29, 0.717) is 34.8 Å². The molecule has 0 saturated heterocycles. The Morgan fingerprint density at radius 2 is 1.87 bits per heavy atom. The van der Waals surface area contributed by atoms with Gasteiger partial charge in [-0.05, 0) is 72.9 Å². The van der Waals surface area contributed by atoms with Crippen molar-refractivity contribution in [2.24, 2.45) is 17.8 Å². The average Bonchev–Trinajstić information content (AvgIpc) is 3.29. The molecule has 1 aromatic carbocycles. The van der Waals surface area contributed by atoms with E-state index in [4.69, 9.17) is 28.9 Å². The summed E-state index contributed by atoms with van der Waals surface area (Å²) in [5.41, 5.74) is 0.0246. The summed E-state index contributed by atoms with van der Waals surface area (Å²) in [6.07, 6.45) is 2.02. The van der Waals surface area contributed by atoms with Crippen LogP contribution in [0.4, 0.5) is 5.13 Å². The van der Waals surface area contributed by atoms with Crippen molar-refractivity contribution in [2.45, 2.75) is 84.1 Å². The van der Waals surface area contributed by atoms with Crippen LogP contribution in [-0.4, -0.2) is 64.8 Å². The highest BCUT2D eigenvalue weighted by molar-refractivity contribution is 7.14. The number of hydrogen-bond acceptors (Lipinski definition) is 11. The Bertz CT molecular complexity index is 1660. The van der Waals surface area contributed by atoms with Crippen LogP contribution in [0.3, 0.4) is 0 Å². The van der Waals surface area contributed by atoms with Crippen LogP contribution >= 0.6 is 11.3 Å². The molecule has 0 radical (unpaired) electrons. The molecule has 47 heavy (non-hydrogen) atoms. The van der Waals surface area contributed by atoms with Crippen molar-refractivity contribution >= 4 is 45.2 Å². The second-order valence-corrected chi connectivity index (χ2v) is 14.3. The lowest BCUT2D eigenvalue weighted by Gasteiger charge is -2.25. The molecule has 2 heterocycles. The Balaban J connectivity index is 1.46. The van der Waals surface area contributed by atoms with Crippen molar-refractivity contribution in [3.8, 4) is 22.9 Å². The highest BCUT2D eigenvalue weighted by atomic mass is 32.1.